The molecule has 0 unspecified atom stereocenters. The molecule has 9 heteroatoms. The van der Waals surface area contributed by atoms with E-state index in [2.05, 4.69) is 16.2 Å². The fourth-order valence-electron chi connectivity index (χ4n) is 2.29. The number of hydrogen-bond donors (Lipinski definition) is 3. The van der Waals surface area contributed by atoms with E-state index in [-0.39, 0.29) is 25.7 Å². The molecule has 1 heterocycles. The van der Waals surface area contributed by atoms with Gasteiger partial charge in [-0.15, -0.1) is 0 Å². The van der Waals surface area contributed by atoms with Crippen LogP contribution < -0.4 is 25.6 Å². The van der Waals surface area contributed by atoms with E-state index >= 15 is 0 Å². The summed E-state index contributed by atoms with van der Waals surface area (Å²) in [6, 6.07) is 11.1. The molecule has 1 aliphatic rings. The maximum absolute atomic E-state index is 12.0. The van der Waals surface area contributed by atoms with Crippen molar-refractivity contribution < 1.29 is 23.9 Å². The van der Waals surface area contributed by atoms with Crippen LogP contribution in [0.5, 0.6) is 11.5 Å². The molecule has 0 atom stereocenters. The van der Waals surface area contributed by atoms with Crippen LogP contribution in [-0.2, 0) is 4.79 Å². The smallest absolute Gasteiger partial charge is 0.269 e. The average molecular weight is 390 g/mol. The van der Waals surface area contributed by atoms with Crippen molar-refractivity contribution in [2.75, 3.05) is 13.3 Å². The Morgan fingerprint density at radius 2 is 1.59 bits per heavy atom. The van der Waals surface area contributed by atoms with Crippen molar-refractivity contribution in [1.82, 2.24) is 16.2 Å². The molecule has 0 aliphatic carbocycles. The molecular formula is C18H16ClN3O5. The van der Waals surface area contributed by atoms with Gasteiger partial charge < -0.3 is 14.8 Å². The fourth-order valence-corrected chi connectivity index (χ4v) is 2.42. The lowest BCUT2D eigenvalue weighted by Gasteiger charge is -2.09. The van der Waals surface area contributed by atoms with Gasteiger partial charge in [-0.05, 0) is 42.5 Å². The van der Waals surface area contributed by atoms with Gasteiger partial charge in [0.25, 0.3) is 11.8 Å². The first kappa shape index (κ1) is 18.5. The third kappa shape index (κ3) is 4.89. The van der Waals surface area contributed by atoms with E-state index in [1.165, 1.54) is 6.07 Å². The van der Waals surface area contributed by atoms with E-state index in [0.29, 0.717) is 27.6 Å². The number of ether oxygens (including phenoxy) is 2. The molecule has 3 amide bonds. The van der Waals surface area contributed by atoms with Gasteiger partial charge in [0.2, 0.25) is 12.7 Å². The Kier molecular flexibility index (Phi) is 5.77. The number of nitrogens with one attached hydrogen (secondary N) is 3. The van der Waals surface area contributed by atoms with Crippen LogP contribution in [0.3, 0.4) is 0 Å². The zero-order valence-electron chi connectivity index (χ0n) is 14.1. The molecular weight excluding hydrogens is 374 g/mol. The lowest BCUT2D eigenvalue weighted by Crippen LogP contribution is -2.42. The molecule has 0 aromatic heterocycles. The van der Waals surface area contributed by atoms with Crippen molar-refractivity contribution in [3.63, 3.8) is 0 Å². The summed E-state index contributed by atoms with van der Waals surface area (Å²) in [5.41, 5.74) is 5.35. The minimum atomic E-state index is -0.494. The molecule has 3 N–H and O–H groups in total. The summed E-state index contributed by atoms with van der Waals surface area (Å²) < 4.78 is 10.4. The lowest BCUT2D eigenvalue weighted by molar-refractivity contribution is -0.121. The third-order valence-corrected chi connectivity index (χ3v) is 3.95. The highest BCUT2D eigenvalue weighted by Crippen LogP contribution is 2.32. The van der Waals surface area contributed by atoms with Gasteiger partial charge in [0, 0.05) is 29.1 Å². The predicted molar refractivity (Wildman–Crippen MR) is 96.6 cm³/mol. The van der Waals surface area contributed by atoms with Crippen molar-refractivity contribution in [3.05, 3.63) is 58.6 Å². The van der Waals surface area contributed by atoms with E-state index in [0.717, 1.165) is 0 Å². The summed E-state index contributed by atoms with van der Waals surface area (Å²) in [4.78, 5) is 35.7. The summed E-state index contributed by atoms with van der Waals surface area (Å²) in [7, 11) is 0. The zero-order valence-corrected chi connectivity index (χ0v) is 14.8. The van der Waals surface area contributed by atoms with Crippen molar-refractivity contribution in [2.45, 2.75) is 6.42 Å². The molecule has 0 saturated carbocycles. The van der Waals surface area contributed by atoms with Crippen LogP contribution in [0.15, 0.2) is 42.5 Å². The second kappa shape index (κ2) is 8.41. The van der Waals surface area contributed by atoms with Gasteiger partial charge in [0.05, 0.1) is 0 Å². The Morgan fingerprint density at radius 1 is 0.889 bits per heavy atom. The third-order valence-electron chi connectivity index (χ3n) is 3.69. The molecule has 8 nitrogen and oxygen atoms in total. The van der Waals surface area contributed by atoms with Crippen LogP contribution in [0, 0.1) is 0 Å². The van der Waals surface area contributed by atoms with Crippen molar-refractivity contribution in [2.24, 2.45) is 0 Å². The highest BCUT2D eigenvalue weighted by Gasteiger charge is 2.16. The maximum atomic E-state index is 12.0. The largest absolute Gasteiger partial charge is 0.454 e. The standard InChI is InChI=1S/C18H16ClN3O5/c19-13-4-1-11(2-5-13)17(24)20-8-7-16(23)21-22-18(25)12-3-6-14-15(9-12)27-10-26-14/h1-6,9H,7-8,10H2,(H,20,24)(H,21,23)(H,22,25). The summed E-state index contributed by atoms with van der Waals surface area (Å²) in [6.07, 6.45) is 0.000743. The first-order valence-corrected chi connectivity index (χ1v) is 8.43. The van der Waals surface area contributed by atoms with Gasteiger partial charge in [0.1, 0.15) is 0 Å². The van der Waals surface area contributed by atoms with Crippen molar-refractivity contribution >= 4 is 29.3 Å². The molecule has 2 aromatic rings. The first-order valence-electron chi connectivity index (χ1n) is 8.05. The Balaban J connectivity index is 1.40. The quantitative estimate of drug-likeness (QED) is 0.674. The van der Waals surface area contributed by atoms with E-state index in [1.807, 2.05) is 0 Å². The number of hydrogen-bond acceptors (Lipinski definition) is 5. The molecule has 0 spiro atoms. The Labute approximate surface area is 159 Å². The molecule has 27 heavy (non-hydrogen) atoms. The number of carbonyl (C=O) groups is 3. The zero-order chi connectivity index (χ0) is 19.2. The second-order valence-corrected chi connectivity index (χ2v) is 6.02. The van der Waals surface area contributed by atoms with Gasteiger partial charge in [-0.3, -0.25) is 25.2 Å². The molecule has 3 rings (SSSR count). The van der Waals surface area contributed by atoms with E-state index < -0.39 is 11.8 Å². The summed E-state index contributed by atoms with van der Waals surface area (Å²) in [6.45, 7) is 0.228. The van der Waals surface area contributed by atoms with Crippen molar-refractivity contribution in [1.29, 1.82) is 0 Å². The second-order valence-electron chi connectivity index (χ2n) is 5.58. The minimum absolute atomic E-state index is 0.000743. The Hall–Kier alpha value is -3.26. The van der Waals surface area contributed by atoms with E-state index in [9.17, 15) is 14.4 Å². The van der Waals surface area contributed by atoms with Gasteiger partial charge in [-0.2, -0.15) is 0 Å². The van der Waals surface area contributed by atoms with Crippen LogP contribution >= 0.6 is 11.6 Å². The van der Waals surface area contributed by atoms with Gasteiger partial charge in [-0.1, -0.05) is 11.6 Å². The summed E-state index contributed by atoms with van der Waals surface area (Å²) in [5.74, 6) is -0.220. The first-order chi connectivity index (χ1) is 13.0. The topological polar surface area (TPSA) is 106 Å². The molecule has 2 aromatic carbocycles. The van der Waals surface area contributed by atoms with Crippen LogP contribution in [0.25, 0.3) is 0 Å². The van der Waals surface area contributed by atoms with Gasteiger partial charge >= 0.3 is 0 Å². The number of amides is 3. The highest BCUT2D eigenvalue weighted by atomic mass is 35.5. The number of benzene rings is 2. The number of hydrazine groups is 1. The summed E-state index contributed by atoms with van der Waals surface area (Å²) >= 11 is 5.76. The molecule has 0 fully saturated rings. The minimum Gasteiger partial charge on any atom is -0.454 e. The van der Waals surface area contributed by atoms with Crippen LogP contribution in [-0.4, -0.2) is 31.1 Å². The lowest BCUT2D eigenvalue weighted by atomic mass is 10.2. The number of fused-ring (bicyclic) bond motifs is 1. The molecule has 0 bridgehead atoms. The van der Waals surface area contributed by atoms with E-state index in [4.69, 9.17) is 21.1 Å². The molecule has 1 aliphatic heterocycles. The molecule has 140 valence electrons. The number of halogens is 1. The molecule has 0 saturated heterocycles. The van der Waals surface area contributed by atoms with Gasteiger partial charge in [0.15, 0.2) is 11.5 Å². The Bertz CT molecular complexity index is 870. The van der Waals surface area contributed by atoms with E-state index in [1.54, 1.807) is 36.4 Å². The van der Waals surface area contributed by atoms with Crippen LogP contribution in [0.2, 0.25) is 5.02 Å². The van der Waals surface area contributed by atoms with Gasteiger partial charge in [-0.25, -0.2) is 0 Å². The predicted octanol–water partition coefficient (Wildman–Crippen LogP) is 1.65. The maximum Gasteiger partial charge on any atom is 0.269 e. The summed E-state index contributed by atoms with van der Waals surface area (Å²) in [5, 5.41) is 3.14. The Morgan fingerprint density at radius 3 is 2.37 bits per heavy atom. The molecule has 0 radical (unpaired) electrons. The normalized spacial score (nSPS) is 11.6. The monoisotopic (exact) mass is 389 g/mol. The highest BCUT2D eigenvalue weighted by molar-refractivity contribution is 6.30. The number of rotatable bonds is 5. The van der Waals surface area contributed by atoms with Crippen LogP contribution in [0.4, 0.5) is 0 Å². The van der Waals surface area contributed by atoms with Crippen LogP contribution in [0.1, 0.15) is 27.1 Å². The average Bonchev–Trinajstić information content (AvgIpc) is 3.14. The fraction of sp³-hybridized carbons (Fsp3) is 0.167. The van der Waals surface area contributed by atoms with Crippen molar-refractivity contribution in [3.8, 4) is 11.5 Å². The number of carbonyl (C=O) groups excluding carboxylic acids is 3. The SMILES string of the molecule is O=C(CCNC(=O)c1ccc(Cl)cc1)NNC(=O)c1ccc2c(c1)OCO2.